The highest BCUT2D eigenvalue weighted by Gasteiger charge is 2.41. The molecule has 9 heteroatoms. The molecule has 0 saturated carbocycles. The van der Waals surface area contributed by atoms with Gasteiger partial charge in [-0.25, -0.2) is 9.07 Å². The number of rotatable bonds is 4. The minimum Gasteiger partial charge on any atom is -0.339 e. The Bertz CT molecular complexity index is 1440. The van der Waals surface area contributed by atoms with E-state index in [0.29, 0.717) is 22.1 Å². The summed E-state index contributed by atoms with van der Waals surface area (Å²) in [7, 11) is 0. The first-order valence-electron chi connectivity index (χ1n) is 10.8. The Morgan fingerprint density at radius 1 is 1.03 bits per heavy atom. The molecule has 2 amide bonds. The molecule has 0 spiro atoms. The predicted octanol–water partition coefficient (Wildman–Crippen LogP) is 5.51. The molecular formula is C26H19Cl2FN4O2. The third kappa shape index (κ3) is 4.29. The van der Waals surface area contributed by atoms with E-state index in [-0.39, 0.29) is 10.6 Å². The van der Waals surface area contributed by atoms with E-state index in [9.17, 15) is 14.0 Å². The normalized spacial score (nSPS) is 17.0. The number of aryl methyl sites for hydroxylation is 1. The van der Waals surface area contributed by atoms with Crippen molar-refractivity contribution in [2.24, 2.45) is 0 Å². The van der Waals surface area contributed by atoms with Gasteiger partial charge in [-0.05, 0) is 55.0 Å². The molecule has 1 aromatic heterocycles. The lowest BCUT2D eigenvalue weighted by Gasteiger charge is -2.32. The molecular weight excluding hydrogens is 490 g/mol. The van der Waals surface area contributed by atoms with Gasteiger partial charge in [-0.15, -0.1) is 0 Å². The molecule has 3 aromatic carbocycles. The molecule has 0 unspecified atom stereocenters. The van der Waals surface area contributed by atoms with Crippen LogP contribution in [-0.4, -0.2) is 27.6 Å². The van der Waals surface area contributed by atoms with Gasteiger partial charge in [-0.2, -0.15) is 5.10 Å². The number of fused-ring (bicyclic) bond motifs is 1. The highest BCUT2D eigenvalue weighted by atomic mass is 35.5. The Balaban J connectivity index is 1.61. The second-order valence-corrected chi connectivity index (χ2v) is 9.01. The molecule has 0 aliphatic carbocycles. The van der Waals surface area contributed by atoms with E-state index in [1.165, 1.54) is 30.3 Å². The molecule has 2 heterocycles. The number of benzene rings is 3. The SMILES string of the molecule is Cc1nn(-c2ccccc2)c2c1[C@H](c1ccc(F)cc1)[C@@H](NC(=O)c1ccc(Cl)c(Cl)c1)C(=O)N2. The average Bonchev–Trinajstić information content (AvgIpc) is 3.18. The Morgan fingerprint density at radius 2 is 1.74 bits per heavy atom. The van der Waals surface area contributed by atoms with Crippen LogP contribution in [0.5, 0.6) is 0 Å². The average molecular weight is 509 g/mol. The van der Waals surface area contributed by atoms with Crippen molar-refractivity contribution < 1.29 is 14.0 Å². The minimum absolute atomic E-state index is 0.227. The van der Waals surface area contributed by atoms with E-state index in [1.807, 2.05) is 37.3 Å². The Morgan fingerprint density at radius 3 is 2.43 bits per heavy atom. The first kappa shape index (κ1) is 23.1. The van der Waals surface area contributed by atoms with Crippen LogP contribution in [0.2, 0.25) is 10.0 Å². The number of aromatic nitrogens is 2. The van der Waals surface area contributed by atoms with E-state index in [1.54, 1.807) is 16.8 Å². The van der Waals surface area contributed by atoms with Gasteiger partial charge in [0, 0.05) is 17.0 Å². The zero-order valence-corrected chi connectivity index (χ0v) is 19.9. The predicted molar refractivity (Wildman–Crippen MR) is 133 cm³/mol. The molecule has 0 saturated heterocycles. The number of para-hydroxylation sites is 1. The number of carbonyl (C=O) groups excluding carboxylic acids is 2. The fraction of sp³-hybridized carbons (Fsp3) is 0.115. The number of carbonyl (C=O) groups is 2. The summed E-state index contributed by atoms with van der Waals surface area (Å²) in [4.78, 5) is 26.5. The monoisotopic (exact) mass is 508 g/mol. The molecule has 35 heavy (non-hydrogen) atoms. The summed E-state index contributed by atoms with van der Waals surface area (Å²) in [5, 5.41) is 10.9. The van der Waals surface area contributed by atoms with Crippen molar-refractivity contribution in [3.63, 3.8) is 0 Å². The summed E-state index contributed by atoms with van der Waals surface area (Å²) in [6, 6.07) is 18.8. The highest BCUT2D eigenvalue weighted by Crippen LogP contribution is 2.40. The number of amides is 2. The van der Waals surface area contributed by atoms with Gasteiger partial charge in [0.15, 0.2) is 0 Å². The van der Waals surface area contributed by atoms with Crippen molar-refractivity contribution in [3.8, 4) is 5.69 Å². The standard InChI is InChI=1S/C26H19Cl2FN4O2/c1-14-21-22(15-7-10-17(29)11-8-15)23(30-25(34)16-9-12-19(27)20(28)13-16)26(35)31-24(21)33(32-14)18-5-3-2-4-6-18/h2-13,22-23H,1H3,(H,30,34)(H,31,35)/t22-,23+/m0/s1. The van der Waals surface area contributed by atoms with Gasteiger partial charge >= 0.3 is 0 Å². The molecule has 2 atom stereocenters. The second-order valence-electron chi connectivity index (χ2n) is 8.19. The minimum atomic E-state index is -0.984. The number of nitrogens with zero attached hydrogens (tertiary/aromatic N) is 2. The topological polar surface area (TPSA) is 76.0 Å². The second kappa shape index (κ2) is 9.17. The lowest BCUT2D eigenvalue weighted by molar-refractivity contribution is -0.118. The van der Waals surface area contributed by atoms with E-state index in [0.717, 1.165) is 11.3 Å². The first-order chi connectivity index (χ1) is 16.8. The first-order valence-corrected chi connectivity index (χ1v) is 11.6. The van der Waals surface area contributed by atoms with Gasteiger partial charge in [0.05, 0.1) is 21.4 Å². The van der Waals surface area contributed by atoms with Crippen LogP contribution in [0, 0.1) is 12.7 Å². The fourth-order valence-corrected chi connectivity index (χ4v) is 4.64. The number of hydrogen-bond acceptors (Lipinski definition) is 3. The van der Waals surface area contributed by atoms with Crippen LogP contribution in [0.4, 0.5) is 10.2 Å². The van der Waals surface area contributed by atoms with E-state index in [4.69, 9.17) is 23.2 Å². The lowest BCUT2D eigenvalue weighted by atomic mass is 9.82. The van der Waals surface area contributed by atoms with Gasteiger partial charge in [0.2, 0.25) is 5.91 Å². The highest BCUT2D eigenvalue weighted by molar-refractivity contribution is 6.42. The van der Waals surface area contributed by atoms with Gasteiger partial charge in [0.1, 0.15) is 17.7 Å². The summed E-state index contributed by atoms with van der Waals surface area (Å²) in [6.07, 6.45) is 0. The van der Waals surface area contributed by atoms with Crippen molar-refractivity contribution in [2.45, 2.75) is 18.9 Å². The molecule has 2 N–H and O–H groups in total. The summed E-state index contributed by atoms with van der Waals surface area (Å²) >= 11 is 12.1. The molecule has 1 aliphatic heterocycles. The number of halogens is 3. The fourth-order valence-electron chi connectivity index (χ4n) is 4.34. The van der Waals surface area contributed by atoms with Crippen LogP contribution in [0.3, 0.4) is 0 Å². The summed E-state index contributed by atoms with van der Waals surface area (Å²) in [5.41, 5.74) is 3.10. The van der Waals surface area contributed by atoms with Crippen molar-refractivity contribution >= 4 is 40.8 Å². The molecule has 0 radical (unpaired) electrons. The van der Waals surface area contributed by atoms with Crippen LogP contribution < -0.4 is 10.6 Å². The summed E-state index contributed by atoms with van der Waals surface area (Å²) in [5.74, 6) is -1.41. The molecule has 176 valence electrons. The molecule has 1 aliphatic rings. The molecule has 4 aromatic rings. The Kier molecular flexibility index (Phi) is 6.05. The van der Waals surface area contributed by atoms with E-state index >= 15 is 0 Å². The van der Waals surface area contributed by atoms with Crippen LogP contribution in [0.25, 0.3) is 5.69 Å². The maximum absolute atomic E-state index is 13.7. The van der Waals surface area contributed by atoms with Gasteiger partial charge in [-0.1, -0.05) is 53.5 Å². The van der Waals surface area contributed by atoms with Crippen molar-refractivity contribution in [1.29, 1.82) is 0 Å². The number of hydrogen-bond donors (Lipinski definition) is 2. The van der Waals surface area contributed by atoms with Gasteiger partial charge in [0.25, 0.3) is 5.91 Å². The quantitative estimate of drug-likeness (QED) is 0.381. The Hall–Kier alpha value is -3.68. The summed E-state index contributed by atoms with van der Waals surface area (Å²) < 4.78 is 15.4. The maximum atomic E-state index is 13.7. The van der Waals surface area contributed by atoms with Crippen LogP contribution in [0.15, 0.2) is 72.8 Å². The molecule has 6 nitrogen and oxygen atoms in total. The molecule has 5 rings (SSSR count). The third-order valence-electron chi connectivity index (χ3n) is 5.97. The van der Waals surface area contributed by atoms with E-state index < -0.39 is 29.6 Å². The number of anilines is 1. The van der Waals surface area contributed by atoms with Crippen LogP contribution in [0.1, 0.15) is 33.1 Å². The summed E-state index contributed by atoms with van der Waals surface area (Å²) in [6.45, 7) is 1.84. The Labute approximate surface area is 210 Å². The van der Waals surface area contributed by atoms with E-state index in [2.05, 4.69) is 15.7 Å². The van der Waals surface area contributed by atoms with Crippen molar-refractivity contribution in [1.82, 2.24) is 15.1 Å². The zero-order valence-electron chi connectivity index (χ0n) is 18.4. The molecule has 0 fully saturated rings. The lowest BCUT2D eigenvalue weighted by Crippen LogP contribution is -2.50. The number of nitrogens with one attached hydrogen (secondary N) is 2. The molecule has 0 bridgehead atoms. The van der Waals surface area contributed by atoms with Crippen LogP contribution in [-0.2, 0) is 4.79 Å². The third-order valence-corrected chi connectivity index (χ3v) is 6.71. The maximum Gasteiger partial charge on any atom is 0.252 e. The van der Waals surface area contributed by atoms with Gasteiger partial charge < -0.3 is 10.6 Å². The van der Waals surface area contributed by atoms with Crippen molar-refractivity contribution in [2.75, 3.05) is 5.32 Å². The zero-order chi connectivity index (χ0) is 24.7. The van der Waals surface area contributed by atoms with Crippen LogP contribution >= 0.6 is 23.2 Å². The smallest absolute Gasteiger partial charge is 0.252 e. The van der Waals surface area contributed by atoms with Gasteiger partial charge in [-0.3, -0.25) is 9.59 Å². The largest absolute Gasteiger partial charge is 0.339 e. The van der Waals surface area contributed by atoms with Crippen molar-refractivity contribution in [3.05, 3.63) is 111 Å².